The summed E-state index contributed by atoms with van der Waals surface area (Å²) in [4.78, 5) is 4.34. The normalized spacial score (nSPS) is 10.5. The van der Waals surface area contributed by atoms with Gasteiger partial charge in [0.25, 0.3) is 0 Å². The summed E-state index contributed by atoms with van der Waals surface area (Å²) in [5, 5.41) is 3.37. The summed E-state index contributed by atoms with van der Waals surface area (Å²) in [5.74, 6) is 0.896. The topological polar surface area (TPSA) is 29.9 Å². The number of hydrogen-bond acceptors (Lipinski definition) is 2. The smallest absolute Gasteiger partial charge is 0.207 e. The molecule has 1 aromatic heterocycles. The number of benzene rings is 1. The minimum atomic E-state index is 0.896. The molecule has 1 aromatic carbocycles. The largest absolute Gasteiger partial charge is 0.325 e. The van der Waals surface area contributed by atoms with Gasteiger partial charge in [-0.25, -0.2) is 4.98 Å². The predicted molar refractivity (Wildman–Crippen MR) is 74.7 cm³/mol. The van der Waals surface area contributed by atoms with Crippen LogP contribution in [0.1, 0.15) is 18.9 Å². The van der Waals surface area contributed by atoms with Crippen molar-refractivity contribution >= 4 is 27.6 Å². The molecule has 0 aliphatic heterocycles. The van der Waals surface area contributed by atoms with E-state index in [9.17, 15) is 0 Å². The van der Waals surface area contributed by atoms with Crippen LogP contribution in [-0.2, 0) is 6.54 Å². The quantitative estimate of drug-likeness (QED) is 0.919. The van der Waals surface area contributed by atoms with Gasteiger partial charge in [-0.2, -0.15) is 0 Å². The first kappa shape index (κ1) is 12.2. The highest BCUT2D eigenvalue weighted by atomic mass is 79.9. The Hall–Kier alpha value is -1.29. The monoisotopic (exact) mass is 293 g/mol. The second-order valence-electron chi connectivity index (χ2n) is 3.98. The Kier molecular flexibility index (Phi) is 3.84. The van der Waals surface area contributed by atoms with E-state index in [0.29, 0.717) is 0 Å². The van der Waals surface area contributed by atoms with Crippen molar-refractivity contribution in [1.29, 1.82) is 0 Å². The van der Waals surface area contributed by atoms with Crippen LogP contribution in [0.2, 0.25) is 0 Å². The molecule has 0 bridgehead atoms. The molecule has 0 aliphatic rings. The summed E-state index contributed by atoms with van der Waals surface area (Å²) in [5.41, 5.74) is 2.28. The van der Waals surface area contributed by atoms with Crippen molar-refractivity contribution in [3.8, 4) is 0 Å². The second-order valence-corrected chi connectivity index (χ2v) is 4.84. The highest BCUT2D eigenvalue weighted by molar-refractivity contribution is 9.10. The Morgan fingerprint density at radius 2 is 2.24 bits per heavy atom. The van der Waals surface area contributed by atoms with Gasteiger partial charge in [-0.3, -0.25) is 0 Å². The van der Waals surface area contributed by atoms with Gasteiger partial charge in [-0.1, -0.05) is 28.9 Å². The zero-order valence-corrected chi connectivity index (χ0v) is 11.7. The van der Waals surface area contributed by atoms with Gasteiger partial charge in [0, 0.05) is 29.1 Å². The van der Waals surface area contributed by atoms with E-state index in [4.69, 9.17) is 0 Å². The number of anilines is 2. The number of aromatic nitrogens is 2. The van der Waals surface area contributed by atoms with Crippen LogP contribution in [0.5, 0.6) is 0 Å². The lowest BCUT2D eigenvalue weighted by molar-refractivity contribution is 0.686. The lowest BCUT2D eigenvalue weighted by Gasteiger charge is -2.11. The maximum Gasteiger partial charge on any atom is 0.207 e. The van der Waals surface area contributed by atoms with Crippen LogP contribution in [0.15, 0.2) is 35.1 Å². The minimum Gasteiger partial charge on any atom is -0.325 e. The molecule has 0 radical (unpaired) electrons. The fourth-order valence-electron chi connectivity index (χ4n) is 1.72. The van der Waals surface area contributed by atoms with E-state index in [1.54, 1.807) is 0 Å². The average Bonchev–Trinajstić information content (AvgIpc) is 2.73. The SMILES string of the molecule is CCCn1ccnc1Nc1cccc(Br)c1C. The van der Waals surface area contributed by atoms with E-state index < -0.39 is 0 Å². The molecule has 0 spiro atoms. The molecule has 90 valence electrons. The third-order valence-corrected chi connectivity index (χ3v) is 3.55. The summed E-state index contributed by atoms with van der Waals surface area (Å²) in [6.07, 6.45) is 4.92. The van der Waals surface area contributed by atoms with Crippen LogP contribution in [0.3, 0.4) is 0 Å². The Morgan fingerprint density at radius 1 is 1.41 bits per heavy atom. The van der Waals surface area contributed by atoms with E-state index in [1.807, 2.05) is 24.5 Å². The van der Waals surface area contributed by atoms with Crippen LogP contribution in [0.4, 0.5) is 11.6 Å². The Morgan fingerprint density at radius 3 is 3.00 bits per heavy atom. The minimum absolute atomic E-state index is 0.896. The van der Waals surface area contributed by atoms with Gasteiger partial charge < -0.3 is 9.88 Å². The van der Waals surface area contributed by atoms with Crippen LogP contribution >= 0.6 is 15.9 Å². The number of aryl methyl sites for hydroxylation is 1. The first-order valence-electron chi connectivity index (χ1n) is 5.75. The molecule has 0 saturated carbocycles. The number of rotatable bonds is 4. The highest BCUT2D eigenvalue weighted by Gasteiger charge is 2.05. The first-order chi connectivity index (χ1) is 8.22. The van der Waals surface area contributed by atoms with Gasteiger partial charge in [0.15, 0.2) is 0 Å². The fraction of sp³-hybridized carbons (Fsp3) is 0.308. The van der Waals surface area contributed by atoms with E-state index in [0.717, 1.165) is 29.1 Å². The molecule has 17 heavy (non-hydrogen) atoms. The molecule has 0 fully saturated rings. The van der Waals surface area contributed by atoms with Gasteiger partial charge in [-0.05, 0) is 31.0 Å². The molecule has 0 aliphatic carbocycles. The van der Waals surface area contributed by atoms with Crippen molar-refractivity contribution in [2.24, 2.45) is 0 Å². The standard InChI is InChI=1S/C13H16BrN3/c1-3-8-17-9-7-15-13(17)16-12-6-4-5-11(14)10(12)2/h4-7,9H,3,8H2,1-2H3,(H,15,16). The summed E-state index contributed by atoms with van der Waals surface area (Å²) in [7, 11) is 0. The highest BCUT2D eigenvalue weighted by Crippen LogP contribution is 2.25. The zero-order valence-electron chi connectivity index (χ0n) is 10.1. The maximum absolute atomic E-state index is 4.34. The van der Waals surface area contributed by atoms with Crippen molar-refractivity contribution in [2.75, 3.05) is 5.32 Å². The number of nitrogens with one attached hydrogen (secondary N) is 1. The van der Waals surface area contributed by atoms with Crippen LogP contribution < -0.4 is 5.32 Å². The molecule has 0 saturated heterocycles. The Balaban J connectivity index is 2.25. The zero-order chi connectivity index (χ0) is 12.3. The summed E-state index contributed by atoms with van der Waals surface area (Å²) < 4.78 is 3.23. The predicted octanol–water partition coefficient (Wildman–Crippen LogP) is 4.11. The fourth-order valence-corrected chi connectivity index (χ4v) is 2.08. The molecule has 0 amide bonds. The maximum atomic E-state index is 4.34. The molecule has 0 unspecified atom stereocenters. The molecule has 1 heterocycles. The molecule has 1 N–H and O–H groups in total. The van der Waals surface area contributed by atoms with Gasteiger partial charge in [0.05, 0.1) is 0 Å². The van der Waals surface area contributed by atoms with Gasteiger partial charge in [-0.15, -0.1) is 0 Å². The Labute approximate surface area is 110 Å². The first-order valence-corrected chi connectivity index (χ1v) is 6.55. The lowest BCUT2D eigenvalue weighted by Crippen LogP contribution is -2.03. The van der Waals surface area contributed by atoms with Crippen LogP contribution in [0, 0.1) is 6.92 Å². The molecular formula is C13H16BrN3. The van der Waals surface area contributed by atoms with E-state index in [1.165, 1.54) is 5.56 Å². The molecule has 2 aromatic rings. The van der Waals surface area contributed by atoms with Crippen molar-refractivity contribution in [3.63, 3.8) is 0 Å². The summed E-state index contributed by atoms with van der Waals surface area (Å²) in [6, 6.07) is 6.12. The van der Waals surface area contributed by atoms with Gasteiger partial charge in [0.1, 0.15) is 0 Å². The molecule has 0 atom stereocenters. The number of hydrogen-bond donors (Lipinski definition) is 1. The third-order valence-electron chi connectivity index (χ3n) is 2.69. The van der Waals surface area contributed by atoms with Gasteiger partial charge >= 0.3 is 0 Å². The average molecular weight is 294 g/mol. The van der Waals surface area contributed by atoms with Crippen molar-refractivity contribution < 1.29 is 0 Å². The molecular weight excluding hydrogens is 278 g/mol. The molecule has 3 nitrogen and oxygen atoms in total. The molecule has 2 rings (SSSR count). The second kappa shape index (κ2) is 5.36. The summed E-state index contributed by atoms with van der Waals surface area (Å²) in [6.45, 7) is 5.23. The van der Waals surface area contributed by atoms with Crippen molar-refractivity contribution in [2.45, 2.75) is 26.8 Å². The Bertz CT molecular complexity index is 505. The van der Waals surface area contributed by atoms with Crippen molar-refractivity contribution in [3.05, 3.63) is 40.6 Å². The van der Waals surface area contributed by atoms with E-state index in [-0.39, 0.29) is 0 Å². The summed E-state index contributed by atoms with van der Waals surface area (Å²) >= 11 is 3.53. The third kappa shape index (κ3) is 2.69. The molecule has 4 heteroatoms. The van der Waals surface area contributed by atoms with Gasteiger partial charge in [0.2, 0.25) is 5.95 Å². The number of imidazole rings is 1. The van der Waals surface area contributed by atoms with Crippen LogP contribution in [-0.4, -0.2) is 9.55 Å². The lowest BCUT2D eigenvalue weighted by atomic mass is 10.2. The van der Waals surface area contributed by atoms with Crippen molar-refractivity contribution in [1.82, 2.24) is 9.55 Å². The van der Waals surface area contributed by atoms with E-state index >= 15 is 0 Å². The van der Waals surface area contributed by atoms with E-state index in [2.05, 4.69) is 50.7 Å². The number of halogens is 1. The number of nitrogens with zero attached hydrogens (tertiary/aromatic N) is 2. The van der Waals surface area contributed by atoms with Crippen LogP contribution in [0.25, 0.3) is 0 Å².